The van der Waals surface area contributed by atoms with E-state index in [4.69, 9.17) is 0 Å². The van der Waals surface area contributed by atoms with E-state index in [9.17, 15) is 14.0 Å². The Morgan fingerprint density at radius 1 is 1.39 bits per heavy atom. The predicted molar refractivity (Wildman–Crippen MR) is 64.8 cm³/mol. The van der Waals surface area contributed by atoms with E-state index in [2.05, 4.69) is 15.4 Å². The van der Waals surface area contributed by atoms with Crippen LogP contribution in [-0.4, -0.2) is 25.7 Å². The lowest BCUT2D eigenvalue weighted by molar-refractivity contribution is -0.115. The molecule has 0 radical (unpaired) electrons. The molecule has 1 rings (SSSR count). The van der Waals surface area contributed by atoms with Crippen molar-refractivity contribution in [1.82, 2.24) is 5.32 Å². The molecule has 0 aliphatic carbocycles. The molecule has 2 N–H and O–H groups in total. The van der Waals surface area contributed by atoms with Crippen molar-refractivity contribution >= 4 is 17.7 Å². The second kappa shape index (κ2) is 6.58. The van der Waals surface area contributed by atoms with E-state index in [0.717, 1.165) is 0 Å². The predicted octanol–water partition coefficient (Wildman–Crippen LogP) is 1.68. The average Bonchev–Trinajstić information content (AvgIpc) is 2.38. The molecule has 6 heteroatoms. The summed E-state index contributed by atoms with van der Waals surface area (Å²) in [6, 6.07) is 4.57. The van der Waals surface area contributed by atoms with Crippen molar-refractivity contribution in [2.45, 2.75) is 13.3 Å². The number of ether oxygens (including phenoxy) is 1. The first kappa shape index (κ1) is 14.0. The molecule has 0 fully saturated rings. The van der Waals surface area contributed by atoms with Gasteiger partial charge in [0.1, 0.15) is 12.4 Å². The SMILES string of the molecule is CCc1cccc(F)c1NC(=O)CNC(=O)OC. The number of anilines is 1. The third-order valence-electron chi connectivity index (χ3n) is 2.32. The number of methoxy groups -OCH3 is 1. The van der Waals surface area contributed by atoms with Crippen LogP contribution in [0.2, 0.25) is 0 Å². The maximum atomic E-state index is 13.5. The van der Waals surface area contributed by atoms with E-state index >= 15 is 0 Å². The number of nitrogens with one attached hydrogen (secondary N) is 2. The van der Waals surface area contributed by atoms with Crippen molar-refractivity contribution in [1.29, 1.82) is 0 Å². The van der Waals surface area contributed by atoms with Crippen molar-refractivity contribution in [3.8, 4) is 0 Å². The second-order valence-corrected chi connectivity index (χ2v) is 3.52. The molecule has 0 aliphatic rings. The van der Waals surface area contributed by atoms with Crippen LogP contribution in [0.3, 0.4) is 0 Å². The fraction of sp³-hybridized carbons (Fsp3) is 0.333. The molecule has 18 heavy (non-hydrogen) atoms. The third-order valence-corrected chi connectivity index (χ3v) is 2.32. The normalized spacial score (nSPS) is 9.72. The van der Waals surface area contributed by atoms with Crippen LogP contribution in [0.25, 0.3) is 0 Å². The Kier molecular flexibility index (Phi) is 5.10. The largest absolute Gasteiger partial charge is 0.453 e. The van der Waals surface area contributed by atoms with Crippen molar-refractivity contribution < 1.29 is 18.7 Å². The Morgan fingerprint density at radius 3 is 2.72 bits per heavy atom. The Morgan fingerprint density at radius 2 is 2.11 bits per heavy atom. The number of aryl methyl sites for hydroxylation is 1. The summed E-state index contributed by atoms with van der Waals surface area (Å²) in [6.07, 6.45) is -0.118. The minimum absolute atomic E-state index is 0.150. The highest BCUT2D eigenvalue weighted by Gasteiger charge is 2.11. The molecule has 0 saturated heterocycles. The van der Waals surface area contributed by atoms with Crippen molar-refractivity contribution in [3.63, 3.8) is 0 Å². The molecular weight excluding hydrogens is 239 g/mol. The van der Waals surface area contributed by atoms with Crippen LogP contribution in [0.1, 0.15) is 12.5 Å². The molecule has 0 aliphatic heterocycles. The molecule has 98 valence electrons. The Labute approximate surface area is 104 Å². The van der Waals surface area contributed by atoms with Gasteiger partial charge in [-0.1, -0.05) is 19.1 Å². The van der Waals surface area contributed by atoms with Crippen LogP contribution >= 0.6 is 0 Å². The first-order chi connectivity index (χ1) is 8.58. The minimum Gasteiger partial charge on any atom is -0.453 e. The Hall–Kier alpha value is -2.11. The zero-order valence-corrected chi connectivity index (χ0v) is 10.2. The van der Waals surface area contributed by atoms with Gasteiger partial charge in [-0.2, -0.15) is 0 Å². The average molecular weight is 254 g/mol. The summed E-state index contributed by atoms with van der Waals surface area (Å²) in [7, 11) is 1.19. The Bertz CT molecular complexity index is 449. The number of rotatable bonds is 4. The summed E-state index contributed by atoms with van der Waals surface area (Å²) < 4.78 is 17.9. The number of para-hydroxylation sites is 1. The van der Waals surface area contributed by atoms with E-state index in [0.29, 0.717) is 12.0 Å². The molecule has 5 nitrogen and oxygen atoms in total. The topological polar surface area (TPSA) is 67.4 Å². The van der Waals surface area contributed by atoms with Crippen LogP contribution in [0, 0.1) is 5.82 Å². The van der Waals surface area contributed by atoms with Crippen LogP contribution in [0.5, 0.6) is 0 Å². The lowest BCUT2D eigenvalue weighted by atomic mass is 10.1. The molecule has 0 saturated carbocycles. The third kappa shape index (κ3) is 3.73. The number of hydrogen-bond donors (Lipinski definition) is 2. The van der Waals surface area contributed by atoms with Crippen molar-refractivity contribution in [2.24, 2.45) is 0 Å². The number of carbonyl (C=O) groups excluding carboxylic acids is 2. The maximum absolute atomic E-state index is 13.5. The van der Waals surface area contributed by atoms with E-state index < -0.39 is 17.8 Å². The van der Waals surface area contributed by atoms with Crippen LogP contribution in [0.15, 0.2) is 18.2 Å². The second-order valence-electron chi connectivity index (χ2n) is 3.52. The summed E-state index contributed by atoms with van der Waals surface area (Å²) in [5.74, 6) is -1.01. The monoisotopic (exact) mass is 254 g/mol. The van der Waals surface area contributed by atoms with E-state index in [-0.39, 0.29) is 12.2 Å². The number of amides is 2. The van der Waals surface area contributed by atoms with E-state index in [1.807, 2.05) is 6.92 Å². The molecule has 0 aromatic heterocycles. The number of halogens is 1. The highest BCUT2D eigenvalue weighted by Crippen LogP contribution is 2.19. The van der Waals surface area contributed by atoms with Gasteiger partial charge in [0, 0.05) is 0 Å². The van der Waals surface area contributed by atoms with Gasteiger partial charge in [0.2, 0.25) is 5.91 Å². The fourth-order valence-electron chi connectivity index (χ4n) is 1.41. The van der Waals surface area contributed by atoms with Gasteiger partial charge < -0.3 is 15.4 Å². The van der Waals surface area contributed by atoms with Gasteiger partial charge in [-0.15, -0.1) is 0 Å². The summed E-state index contributed by atoms with van der Waals surface area (Å²) in [6.45, 7) is 1.58. The molecule has 1 aromatic rings. The number of carbonyl (C=O) groups is 2. The molecular formula is C12H15FN2O3. The lowest BCUT2D eigenvalue weighted by Gasteiger charge is -2.11. The fourth-order valence-corrected chi connectivity index (χ4v) is 1.41. The van der Waals surface area contributed by atoms with Gasteiger partial charge >= 0.3 is 6.09 Å². The van der Waals surface area contributed by atoms with Crippen LogP contribution < -0.4 is 10.6 Å². The van der Waals surface area contributed by atoms with Gasteiger partial charge in [-0.05, 0) is 18.1 Å². The first-order valence-corrected chi connectivity index (χ1v) is 5.47. The first-order valence-electron chi connectivity index (χ1n) is 5.47. The quantitative estimate of drug-likeness (QED) is 0.859. The molecule has 0 bridgehead atoms. The molecule has 0 atom stereocenters. The number of hydrogen-bond acceptors (Lipinski definition) is 3. The summed E-state index contributed by atoms with van der Waals surface area (Å²) in [4.78, 5) is 22.3. The van der Waals surface area contributed by atoms with Gasteiger partial charge in [-0.25, -0.2) is 9.18 Å². The van der Waals surface area contributed by atoms with Crippen molar-refractivity contribution in [3.05, 3.63) is 29.6 Å². The van der Waals surface area contributed by atoms with E-state index in [1.54, 1.807) is 12.1 Å². The Balaban J connectivity index is 2.67. The van der Waals surface area contributed by atoms with Gasteiger partial charge in [0.05, 0.1) is 12.8 Å². The number of alkyl carbamates (subject to hydrolysis) is 1. The molecule has 0 unspecified atom stereocenters. The van der Waals surface area contributed by atoms with Gasteiger partial charge in [-0.3, -0.25) is 4.79 Å². The van der Waals surface area contributed by atoms with Crippen molar-refractivity contribution in [2.75, 3.05) is 19.0 Å². The summed E-state index contributed by atoms with van der Waals surface area (Å²) in [5.41, 5.74) is 0.845. The lowest BCUT2D eigenvalue weighted by Crippen LogP contribution is -2.33. The van der Waals surface area contributed by atoms with Gasteiger partial charge in [0.25, 0.3) is 0 Å². The summed E-state index contributed by atoms with van der Waals surface area (Å²) >= 11 is 0. The standard InChI is InChI=1S/C12H15FN2O3/c1-3-8-5-4-6-9(13)11(8)15-10(16)7-14-12(17)18-2/h4-6H,3,7H2,1-2H3,(H,14,17)(H,15,16). The summed E-state index contributed by atoms with van der Waals surface area (Å²) in [5, 5.41) is 4.64. The zero-order valence-electron chi connectivity index (χ0n) is 10.2. The highest BCUT2D eigenvalue weighted by molar-refractivity contribution is 5.94. The zero-order chi connectivity index (χ0) is 13.5. The van der Waals surface area contributed by atoms with Gasteiger partial charge in [0.15, 0.2) is 0 Å². The highest BCUT2D eigenvalue weighted by atomic mass is 19.1. The molecule has 2 amide bonds. The molecule has 1 aromatic carbocycles. The molecule has 0 heterocycles. The smallest absolute Gasteiger partial charge is 0.407 e. The number of benzene rings is 1. The molecule has 0 spiro atoms. The van der Waals surface area contributed by atoms with Crippen LogP contribution in [0.4, 0.5) is 14.9 Å². The van der Waals surface area contributed by atoms with Crippen LogP contribution in [-0.2, 0) is 16.0 Å². The van der Waals surface area contributed by atoms with E-state index in [1.165, 1.54) is 13.2 Å². The minimum atomic E-state index is -0.714. The maximum Gasteiger partial charge on any atom is 0.407 e.